The van der Waals surface area contributed by atoms with Crippen LogP contribution in [-0.2, 0) is 0 Å². The van der Waals surface area contributed by atoms with Gasteiger partial charge >= 0.3 is 6.03 Å². The monoisotopic (exact) mass is 301 g/mol. The molecule has 2 amide bonds. The van der Waals surface area contributed by atoms with Crippen molar-refractivity contribution in [2.75, 3.05) is 11.9 Å². The van der Waals surface area contributed by atoms with Crippen LogP contribution in [0.25, 0.3) is 0 Å². The number of nitrogens with one attached hydrogen (secondary N) is 2. The molecule has 2 N–H and O–H groups in total. The molecule has 0 spiro atoms. The van der Waals surface area contributed by atoms with Gasteiger partial charge in [-0.15, -0.1) is 0 Å². The summed E-state index contributed by atoms with van der Waals surface area (Å²) in [6, 6.07) is 3.82. The number of non-ortho nitro benzene ring substituents is 1. The van der Waals surface area contributed by atoms with Gasteiger partial charge in [0.25, 0.3) is 5.69 Å². The maximum atomic E-state index is 11.4. The highest BCUT2D eigenvalue weighted by molar-refractivity contribution is 9.10. The molecule has 0 aliphatic heterocycles. The zero-order chi connectivity index (χ0) is 12.8. The van der Waals surface area contributed by atoms with Crippen LogP contribution >= 0.6 is 15.9 Å². The summed E-state index contributed by atoms with van der Waals surface area (Å²) in [5, 5.41) is 15.7. The molecule has 0 bridgehead atoms. The average Bonchev–Trinajstić information content (AvgIpc) is 2.28. The molecule has 1 aromatic rings. The number of hydrogen-bond donors (Lipinski definition) is 2. The number of anilines is 1. The van der Waals surface area contributed by atoms with Gasteiger partial charge in [-0.2, -0.15) is 0 Å². The number of carbonyl (C=O) groups is 1. The lowest BCUT2D eigenvalue weighted by atomic mass is 10.3. The van der Waals surface area contributed by atoms with Gasteiger partial charge in [-0.05, 0) is 28.4 Å². The fraction of sp³-hybridized carbons (Fsp3) is 0.300. The van der Waals surface area contributed by atoms with Gasteiger partial charge in [0, 0.05) is 23.2 Å². The Hall–Kier alpha value is -1.63. The van der Waals surface area contributed by atoms with Crippen LogP contribution in [0.1, 0.15) is 13.3 Å². The number of benzene rings is 1. The van der Waals surface area contributed by atoms with Crippen molar-refractivity contribution >= 4 is 33.3 Å². The van der Waals surface area contributed by atoms with E-state index in [2.05, 4.69) is 26.6 Å². The number of hydrogen-bond acceptors (Lipinski definition) is 3. The molecule has 0 saturated heterocycles. The molecular weight excluding hydrogens is 290 g/mol. The van der Waals surface area contributed by atoms with E-state index in [-0.39, 0.29) is 11.7 Å². The zero-order valence-electron chi connectivity index (χ0n) is 9.20. The molecule has 1 rings (SSSR count). The summed E-state index contributed by atoms with van der Waals surface area (Å²) < 4.78 is 0.471. The maximum Gasteiger partial charge on any atom is 0.319 e. The highest BCUT2D eigenvalue weighted by Crippen LogP contribution is 2.26. The average molecular weight is 302 g/mol. The van der Waals surface area contributed by atoms with Crippen LogP contribution in [0, 0.1) is 10.1 Å². The van der Waals surface area contributed by atoms with Gasteiger partial charge in [0.2, 0.25) is 0 Å². The second-order valence-electron chi connectivity index (χ2n) is 3.30. The van der Waals surface area contributed by atoms with Crippen LogP contribution in [0.15, 0.2) is 22.7 Å². The van der Waals surface area contributed by atoms with E-state index in [1.165, 1.54) is 18.2 Å². The van der Waals surface area contributed by atoms with Crippen molar-refractivity contribution in [1.82, 2.24) is 5.32 Å². The Balaban J connectivity index is 2.72. The van der Waals surface area contributed by atoms with E-state index in [1.54, 1.807) is 0 Å². The molecule has 0 saturated carbocycles. The fourth-order valence-corrected chi connectivity index (χ4v) is 1.59. The van der Waals surface area contributed by atoms with Crippen molar-refractivity contribution in [2.45, 2.75) is 13.3 Å². The van der Waals surface area contributed by atoms with Crippen molar-refractivity contribution in [2.24, 2.45) is 0 Å². The topological polar surface area (TPSA) is 84.3 Å². The van der Waals surface area contributed by atoms with Crippen LogP contribution in [0.2, 0.25) is 0 Å². The highest BCUT2D eigenvalue weighted by Gasteiger charge is 2.10. The van der Waals surface area contributed by atoms with Crippen molar-refractivity contribution in [3.63, 3.8) is 0 Å². The fourth-order valence-electron chi connectivity index (χ4n) is 1.12. The lowest BCUT2D eigenvalue weighted by Gasteiger charge is -2.08. The van der Waals surface area contributed by atoms with Crippen molar-refractivity contribution in [3.05, 3.63) is 32.8 Å². The Morgan fingerprint density at radius 2 is 2.24 bits per heavy atom. The minimum atomic E-state index is -0.494. The predicted octanol–water partition coefficient (Wildman–Crippen LogP) is 2.89. The summed E-state index contributed by atoms with van der Waals surface area (Å²) in [5.41, 5.74) is 0.459. The second-order valence-corrected chi connectivity index (χ2v) is 4.16. The summed E-state index contributed by atoms with van der Waals surface area (Å²) in [5.74, 6) is 0. The Labute approximate surface area is 107 Å². The minimum Gasteiger partial charge on any atom is -0.338 e. The molecular formula is C10H12BrN3O3. The number of urea groups is 1. The predicted molar refractivity (Wildman–Crippen MR) is 68.1 cm³/mol. The number of nitro groups is 1. The molecule has 7 heteroatoms. The van der Waals surface area contributed by atoms with Gasteiger partial charge in [-0.1, -0.05) is 6.92 Å². The molecule has 0 aliphatic carbocycles. The SMILES string of the molecule is CCCNC(=O)Nc1ccc([N+](=O)[O-])cc1Br. The van der Waals surface area contributed by atoms with E-state index in [0.717, 1.165) is 6.42 Å². The molecule has 0 unspecified atom stereocenters. The normalized spacial score (nSPS) is 9.76. The molecule has 0 heterocycles. The van der Waals surface area contributed by atoms with Crippen molar-refractivity contribution < 1.29 is 9.72 Å². The largest absolute Gasteiger partial charge is 0.338 e. The summed E-state index contributed by atoms with van der Waals surface area (Å²) in [7, 11) is 0. The Kier molecular flexibility index (Phi) is 4.89. The molecule has 92 valence electrons. The molecule has 0 aromatic heterocycles. The van der Waals surface area contributed by atoms with E-state index in [4.69, 9.17) is 0 Å². The lowest BCUT2D eigenvalue weighted by Crippen LogP contribution is -2.29. The van der Waals surface area contributed by atoms with Crippen LogP contribution in [-0.4, -0.2) is 17.5 Å². The van der Waals surface area contributed by atoms with Crippen molar-refractivity contribution in [3.8, 4) is 0 Å². The number of nitro benzene ring substituents is 1. The first-order valence-corrected chi connectivity index (χ1v) is 5.82. The van der Waals surface area contributed by atoms with Crippen molar-refractivity contribution in [1.29, 1.82) is 0 Å². The van der Waals surface area contributed by atoms with Crippen LogP contribution in [0.4, 0.5) is 16.2 Å². The summed E-state index contributed by atoms with van der Waals surface area (Å²) in [6.07, 6.45) is 0.842. The van der Waals surface area contributed by atoms with E-state index in [0.29, 0.717) is 16.7 Å². The van der Waals surface area contributed by atoms with Crippen LogP contribution in [0.5, 0.6) is 0 Å². The summed E-state index contributed by atoms with van der Waals surface area (Å²) in [4.78, 5) is 21.4. The number of amides is 2. The van der Waals surface area contributed by atoms with Gasteiger partial charge in [0.05, 0.1) is 10.6 Å². The van der Waals surface area contributed by atoms with Crippen LogP contribution < -0.4 is 10.6 Å². The van der Waals surface area contributed by atoms with E-state index < -0.39 is 4.92 Å². The van der Waals surface area contributed by atoms with Gasteiger partial charge in [-0.3, -0.25) is 10.1 Å². The van der Waals surface area contributed by atoms with Crippen LogP contribution in [0.3, 0.4) is 0 Å². The number of rotatable bonds is 4. The molecule has 17 heavy (non-hydrogen) atoms. The second kappa shape index (κ2) is 6.19. The van der Waals surface area contributed by atoms with Gasteiger partial charge in [0.1, 0.15) is 0 Å². The number of halogens is 1. The Morgan fingerprint density at radius 3 is 2.76 bits per heavy atom. The third-order valence-electron chi connectivity index (χ3n) is 1.95. The first-order chi connectivity index (χ1) is 8.04. The smallest absolute Gasteiger partial charge is 0.319 e. The van der Waals surface area contributed by atoms with Gasteiger partial charge in [-0.25, -0.2) is 4.79 Å². The molecule has 0 atom stereocenters. The molecule has 0 fully saturated rings. The highest BCUT2D eigenvalue weighted by atomic mass is 79.9. The summed E-state index contributed by atoms with van der Waals surface area (Å²) in [6.45, 7) is 2.53. The Bertz CT molecular complexity index is 437. The van der Waals surface area contributed by atoms with E-state index in [9.17, 15) is 14.9 Å². The zero-order valence-corrected chi connectivity index (χ0v) is 10.8. The molecule has 0 aliphatic rings. The van der Waals surface area contributed by atoms with E-state index >= 15 is 0 Å². The maximum absolute atomic E-state index is 11.4. The first-order valence-electron chi connectivity index (χ1n) is 5.03. The van der Waals surface area contributed by atoms with Gasteiger partial charge < -0.3 is 10.6 Å². The molecule has 0 radical (unpaired) electrons. The standard InChI is InChI=1S/C10H12BrN3O3/c1-2-5-12-10(15)13-9-4-3-7(14(16)17)6-8(9)11/h3-4,6H,2,5H2,1H3,(H2,12,13,15). The van der Waals surface area contributed by atoms with Gasteiger partial charge in [0.15, 0.2) is 0 Å². The first kappa shape index (κ1) is 13.4. The number of carbonyl (C=O) groups excluding carboxylic acids is 1. The third-order valence-corrected chi connectivity index (χ3v) is 2.60. The minimum absolute atomic E-state index is 0.0311. The molecule has 6 nitrogen and oxygen atoms in total. The summed E-state index contributed by atoms with van der Waals surface area (Å²) >= 11 is 3.17. The van der Waals surface area contributed by atoms with E-state index in [1.807, 2.05) is 6.92 Å². The Morgan fingerprint density at radius 1 is 1.53 bits per heavy atom. The third kappa shape index (κ3) is 4.03. The lowest BCUT2D eigenvalue weighted by molar-refractivity contribution is -0.384. The number of nitrogens with zero attached hydrogens (tertiary/aromatic N) is 1. The quantitative estimate of drug-likeness (QED) is 0.662. The molecule has 1 aromatic carbocycles.